The van der Waals surface area contributed by atoms with Gasteiger partial charge in [-0.05, 0) is 60.7 Å². The molecule has 0 aliphatic carbocycles. The van der Waals surface area contributed by atoms with Crippen molar-refractivity contribution in [2.24, 2.45) is 0 Å². The van der Waals surface area contributed by atoms with Crippen LogP contribution in [0.4, 0.5) is 0 Å². The maximum absolute atomic E-state index is 12.4. The van der Waals surface area contributed by atoms with Gasteiger partial charge in [-0.1, -0.05) is 47.5 Å². The van der Waals surface area contributed by atoms with Gasteiger partial charge in [0.15, 0.2) is 5.76 Å². The van der Waals surface area contributed by atoms with Crippen molar-refractivity contribution >= 4 is 35.1 Å². The molecule has 0 aliphatic rings. The van der Waals surface area contributed by atoms with Crippen molar-refractivity contribution < 1.29 is 13.6 Å². The highest BCUT2D eigenvalue weighted by Gasteiger charge is 2.11. The first-order chi connectivity index (χ1) is 13.6. The second-order valence-electron chi connectivity index (χ2n) is 6.05. The summed E-state index contributed by atoms with van der Waals surface area (Å²) >= 11 is 12.2. The van der Waals surface area contributed by atoms with Crippen molar-refractivity contribution in [3.63, 3.8) is 0 Å². The molecule has 138 valence electrons. The van der Waals surface area contributed by atoms with E-state index in [9.17, 15) is 4.79 Å². The molecule has 2 aromatic heterocycles. The van der Waals surface area contributed by atoms with E-state index in [4.69, 9.17) is 32.0 Å². The molecule has 5 heteroatoms. The Balaban J connectivity index is 1.50. The van der Waals surface area contributed by atoms with E-state index in [2.05, 4.69) is 0 Å². The Hall–Kier alpha value is -3.01. The van der Waals surface area contributed by atoms with Crippen molar-refractivity contribution in [3.05, 3.63) is 100 Å². The molecule has 0 fully saturated rings. The van der Waals surface area contributed by atoms with E-state index in [1.807, 2.05) is 36.4 Å². The number of halogens is 2. The Kier molecular flexibility index (Phi) is 5.20. The van der Waals surface area contributed by atoms with E-state index in [1.54, 1.807) is 42.5 Å². The predicted molar refractivity (Wildman–Crippen MR) is 112 cm³/mol. The zero-order valence-electron chi connectivity index (χ0n) is 14.6. The van der Waals surface area contributed by atoms with Gasteiger partial charge in [0.25, 0.3) is 0 Å². The van der Waals surface area contributed by atoms with Crippen LogP contribution in [0.25, 0.3) is 28.7 Å². The first kappa shape index (κ1) is 18.4. The molecule has 28 heavy (non-hydrogen) atoms. The van der Waals surface area contributed by atoms with Gasteiger partial charge in [0.05, 0.1) is 5.02 Å². The summed E-state index contributed by atoms with van der Waals surface area (Å²) in [5, 5.41) is 1.21. The zero-order chi connectivity index (χ0) is 19.5. The van der Waals surface area contributed by atoms with Crippen LogP contribution in [-0.4, -0.2) is 5.78 Å². The Morgan fingerprint density at radius 1 is 0.821 bits per heavy atom. The maximum atomic E-state index is 12.4. The van der Waals surface area contributed by atoms with E-state index in [1.165, 1.54) is 6.08 Å². The van der Waals surface area contributed by atoms with Crippen molar-refractivity contribution in [3.8, 4) is 22.6 Å². The average Bonchev–Trinajstić information content (AvgIpc) is 3.36. The number of carbonyl (C=O) groups excluding carboxylic acids is 1. The van der Waals surface area contributed by atoms with Gasteiger partial charge < -0.3 is 8.83 Å². The molecule has 0 saturated carbocycles. The summed E-state index contributed by atoms with van der Waals surface area (Å²) in [6, 6.07) is 21.7. The summed E-state index contributed by atoms with van der Waals surface area (Å²) in [6.45, 7) is 0. The molecule has 0 amide bonds. The highest BCUT2D eigenvalue weighted by atomic mass is 35.5. The molecule has 2 heterocycles. The van der Waals surface area contributed by atoms with Crippen LogP contribution < -0.4 is 0 Å². The van der Waals surface area contributed by atoms with Crippen LogP contribution in [-0.2, 0) is 0 Å². The molecule has 0 atom stereocenters. The highest BCUT2D eigenvalue weighted by Crippen LogP contribution is 2.29. The molecule has 4 rings (SSSR count). The third-order valence-corrected chi connectivity index (χ3v) is 4.69. The van der Waals surface area contributed by atoms with Gasteiger partial charge in [0.2, 0.25) is 5.78 Å². The SMILES string of the molecule is O=C(/C=C/c1ccc(-c2ccccc2Cl)o1)c1ccc(-c2cccc(Cl)c2)o1. The first-order valence-electron chi connectivity index (χ1n) is 8.53. The van der Waals surface area contributed by atoms with Crippen molar-refractivity contribution in [2.45, 2.75) is 0 Å². The second-order valence-corrected chi connectivity index (χ2v) is 6.90. The van der Waals surface area contributed by atoms with Crippen molar-refractivity contribution in [1.29, 1.82) is 0 Å². The van der Waals surface area contributed by atoms with Gasteiger partial charge in [0.1, 0.15) is 17.3 Å². The monoisotopic (exact) mass is 408 g/mol. The minimum absolute atomic E-state index is 0.240. The van der Waals surface area contributed by atoms with Gasteiger partial charge in [0, 0.05) is 16.1 Å². The van der Waals surface area contributed by atoms with Crippen LogP contribution in [0.15, 0.2) is 87.7 Å². The lowest BCUT2D eigenvalue weighted by atomic mass is 10.2. The lowest BCUT2D eigenvalue weighted by Gasteiger charge is -1.98. The van der Waals surface area contributed by atoms with Gasteiger partial charge >= 0.3 is 0 Å². The number of hydrogen-bond donors (Lipinski definition) is 0. The normalized spacial score (nSPS) is 11.2. The number of furan rings is 2. The van der Waals surface area contributed by atoms with E-state index in [0.717, 1.165) is 11.1 Å². The quantitative estimate of drug-likeness (QED) is 0.255. The number of carbonyl (C=O) groups is 1. The number of benzene rings is 2. The minimum atomic E-state index is -0.260. The van der Waals surface area contributed by atoms with E-state index < -0.39 is 0 Å². The molecule has 4 aromatic rings. The summed E-state index contributed by atoms with van der Waals surface area (Å²) in [5.41, 5.74) is 1.61. The number of ketones is 1. The second kappa shape index (κ2) is 7.93. The van der Waals surface area contributed by atoms with Crippen LogP contribution in [0.3, 0.4) is 0 Å². The third kappa shape index (κ3) is 3.96. The van der Waals surface area contributed by atoms with Gasteiger partial charge in [-0.25, -0.2) is 0 Å². The molecular formula is C23H14Cl2O3. The third-order valence-electron chi connectivity index (χ3n) is 4.12. The standard InChI is InChI=1S/C23H14Cl2O3/c24-16-5-3-4-15(14-16)21-12-13-23(28-21)20(26)10-8-17-9-11-22(27-17)18-6-1-2-7-19(18)25/h1-14H/b10-8+. The summed E-state index contributed by atoms with van der Waals surface area (Å²) in [7, 11) is 0. The topological polar surface area (TPSA) is 43.4 Å². The molecule has 0 bridgehead atoms. The van der Waals surface area contributed by atoms with Crippen molar-refractivity contribution in [2.75, 3.05) is 0 Å². The van der Waals surface area contributed by atoms with Gasteiger partial charge in [-0.2, -0.15) is 0 Å². The van der Waals surface area contributed by atoms with Gasteiger partial charge in [-0.15, -0.1) is 0 Å². The summed E-state index contributed by atoms with van der Waals surface area (Å²) in [4.78, 5) is 12.4. The number of hydrogen-bond acceptors (Lipinski definition) is 3. The molecule has 0 radical (unpaired) electrons. The van der Waals surface area contributed by atoms with Crippen LogP contribution >= 0.6 is 23.2 Å². The van der Waals surface area contributed by atoms with Crippen molar-refractivity contribution in [1.82, 2.24) is 0 Å². The lowest BCUT2D eigenvalue weighted by molar-refractivity contribution is 0.102. The fourth-order valence-corrected chi connectivity index (χ4v) is 3.17. The largest absolute Gasteiger partial charge is 0.457 e. The van der Waals surface area contributed by atoms with Crippen LogP contribution in [0.5, 0.6) is 0 Å². The van der Waals surface area contributed by atoms with Crippen LogP contribution in [0.2, 0.25) is 10.0 Å². The lowest BCUT2D eigenvalue weighted by Crippen LogP contribution is -1.90. The number of rotatable bonds is 5. The molecule has 2 aromatic carbocycles. The first-order valence-corrected chi connectivity index (χ1v) is 9.29. The Morgan fingerprint density at radius 3 is 2.46 bits per heavy atom. The summed E-state index contributed by atoms with van der Waals surface area (Å²) in [6.07, 6.45) is 3.01. The fraction of sp³-hybridized carbons (Fsp3) is 0. The highest BCUT2D eigenvalue weighted by molar-refractivity contribution is 6.33. The molecule has 0 spiro atoms. The van der Waals surface area contributed by atoms with Crippen LogP contribution in [0.1, 0.15) is 16.3 Å². The Bertz CT molecular complexity index is 1170. The molecule has 3 nitrogen and oxygen atoms in total. The number of allylic oxidation sites excluding steroid dienone is 1. The van der Waals surface area contributed by atoms with Gasteiger partial charge in [-0.3, -0.25) is 4.79 Å². The van der Waals surface area contributed by atoms with Crippen LogP contribution in [0, 0.1) is 0 Å². The summed E-state index contributed by atoms with van der Waals surface area (Å²) < 4.78 is 11.4. The van der Waals surface area contributed by atoms with E-state index in [-0.39, 0.29) is 11.5 Å². The van der Waals surface area contributed by atoms with E-state index >= 15 is 0 Å². The maximum Gasteiger partial charge on any atom is 0.221 e. The molecule has 0 aliphatic heterocycles. The molecule has 0 saturated heterocycles. The molecule has 0 unspecified atom stereocenters. The van der Waals surface area contributed by atoms with E-state index in [0.29, 0.717) is 27.3 Å². The Labute approximate surface area is 171 Å². The fourth-order valence-electron chi connectivity index (χ4n) is 2.76. The minimum Gasteiger partial charge on any atom is -0.457 e. The predicted octanol–water partition coefficient (Wildman–Crippen LogP) is 7.41. The average molecular weight is 409 g/mol. The zero-order valence-corrected chi connectivity index (χ0v) is 16.1. The molecule has 0 N–H and O–H groups in total. The summed E-state index contributed by atoms with van der Waals surface area (Å²) in [5.74, 6) is 1.75. The molecular weight excluding hydrogens is 395 g/mol. The Morgan fingerprint density at radius 2 is 1.64 bits per heavy atom. The smallest absolute Gasteiger partial charge is 0.221 e.